The monoisotopic (exact) mass is 416 g/mol. The molecule has 2 bridgehead atoms. The van der Waals surface area contributed by atoms with E-state index in [9.17, 15) is 4.79 Å². The molecule has 5 rings (SSSR count). The van der Waals surface area contributed by atoms with Crippen LogP contribution in [0.3, 0.4) is 0 Å². The van der Waals surface area contributed by atoms with Crippen molar-refractivity contribution in [3.05, 3.63) is 58.9 Å². The van der Waals surface area contributed by atoms with E-state index in [0.29, 0.717) is 18.4 Å². The maximum Gasteiger partial charge on any atom is 0.344 e. The van der Waals surface area contributed by atoms with Crippen molar-refractivity contribution in [2.75, 3.05) is 13.2 Å². The van der Waals surface area contributed by atoms with Crippen molar-refractivity contribution in [2.45, 2.75) is 51.9 Å². The van der Waals surface area contributed by atoms with Crippen LogP contribution in [0.15, 0.2) is 36.4 Å². The number of nitrogens with zero attached hydrogens (tertiary/aromatic N) is 1. The molecular weight excluding hydrogens is 388 g/mol. The fourth-order valence-electron chi connectivity index (χ4n) is 5.40. The Balaban J connectivity index is 1.53. The Morgan fingerprint density at radius 1 is 1.06 bits per heavy atom. The van der Waals surface area contributed by atoms with Gasteiger partial charge in [-0.1, -0.05) is 6.07 Å². The summed E-state index contributed by atoms with van der Waals surface area (Å²) in [6.45, 7) is 6.28. The summed E-state index contributed by atoms with van der Waals surface area (Å²) in [7, 11) is 0. The molecular formula is C26H28N2O3. The lowest BCUT2D eigenvalue weighted by Crippen LogP contribution is -2.16. The van der Waals surface area contributed by atoms with Crippen LogP contribution < -0.4 is 4.74 Å². The van der Waals surface area contributed by atoms with Crippen molar-refractivity contribution in [1.29, 1.82) is 0 Å². The minimum Gasteiger partial charge on any atom is -0.482 e. The molecule has 0 amide bonds. The second-order valence-corrected chi connectivity index (χ2v) is 8.64. The number of H-pyrrole nitrogens is 1. The standard InChI is InChI=1S/C26H28N2O3/c1-4-30-24(29)14-31-23-11-10-19(25-17-8-9-18(13-17)26(23)25)21-6-5-7-22(28-21)20-12-15(2)27-16(20)3/h5-7,10-12,17-18,27H,4,8-9,13-14H2,1-3H3. The van der Waals surface area contributed by atoms with Crippen molar-refractivity contribution >= 4 is 5.97 Å². The van der Waals surface area contributed by atoms with E-state index in [1.165, 1.54) is 29.5 Å². The quantitative estimate of drug-likeness (QED) is 0.526. The Morgan fingerprint density at radius 3 is 2.52 bits per heavy atom. The summed E-state index contributed by atoms with van der Waals surface area (Å²) in [5, 5.41) is 0. The van der Waals surface area contributed by atoms with E-state index in [2.05, 4.69) is 49.2 Å². The number of aromatic amines is 1. The maximum absolute atomic E-state index is 11.8. The van der Waals surface area contributed by atoms with Gasteiger partial charge >= 0.3 is 5.97 Å². The van der Waals surface area contributed by atoms with Gasteiger partial charge in [-0.05, 0) is 87.8 Å². The number of aromatic nitrogens is 2. The summed E-state index contributed by atoms with van der Waals surface area (Å²) in [5.41, 5.74) is 9.23. The van der Waals surface area contributed by atoms with Gasteiger partial charge in [-0.25, -0.2) is 9.78 Å². The van der Waals surface area contributed by atoms with Gasteiger partial charge in [0.2, 0.25) is 0 Å². The molecule has 5 nitrogen and oxygen atoms in total. The molecule has 3 aromatic rings. The molecule has 2 aromatic heterocycles. The molecule has 2 unspecified atom stereocenters. The van der Waals surface area contributed by atoms with Crippen LogP contribution >= 0.6 is 0 Å². The van der Waals surface area contributed by atoms with E-state index in [1.807, 2.05) is 6.07 Å². The molecule has 2 heterocycles. The molecule has 31 heavy (non-hydrogen) atoms. The van der Waals surface area contributed by atoms with E-state index in [1.54, 1.807) is 6.92 Å². The lowest BCUT2D eigenvalue weighted by Gasteiger charge is -2.22. The Labute approximate surface area is 182 Å². The van der Waals surface area contributed by atoms with Gasteiger partial charge in [-0.15, -0.1) is 0 Å². The van der Waals surface area contributed by atoms with Crippen molar-refractivity contribution in [3.63, 3.8) is 0 Å². The van der Waals surface area contributed by atoms with Crippen LogP contribution in [0.2, 0.25) is 0 Å². The summed E-state index contributed by atoms with van der Waals surface area (Å²) in [6.07, 6.45) is 3.56. The Morgan fingerprint density at radius 2 is 1.81 bits per heavy atom. The van der Waals surface area contributed by atoms with Crippen LogP contribution in [0.5, 0.6) is 5.75 Å². The van der Waals surface area contributed by atoms with E-state index in [0.717, 1.165) is 40.5 Å². The Bertz CT molecular complexity index is 1150. The van der Waals surface area contributed by atoms with Gasteiger partial charge in [0.1, 0.15) is 5.75 Å². The zero-order valence-corrected chi connectivity index (χ0v) is 18.3. The summed E-state index contributed by atoms with van der Waals surface area (Å²) in [6, 6.07) is 12.5. The van der Waals surface area contributed by atoms with Gasteiger partial charge < -0.3 is 14.5 Å². The van der Waals surface area contributed by atoms with Gasteiger partial charge in [0.05, 0.1) is 18.0 Å². The predicted octanol–water partition coefficient (Wildman–Crippen LogP) is 5.67. The first-order chi connectivity index (χ1) is 15.0. The summed E-state index contributed by atoms with van der Waals surface area (Å²) in [5.74, 6) is 1.56. The van der Waals surface area contributed by atoms with Crippen molar-refractivity contribution < 1.29 is 14.3 Å². The van der Waals surface area contributed by atoms with Crippen LogP contribution in [-0.2, 0) is 9.53 Å². The van der Waals surface area contributed by atoms with Crippen LogP contribution in [0.25, 0.3) is 22.5 Å². The molecule has 1 aromatic carbocycles. The summed E-state index contributed by atoms with van der Waals surface area (Å²) >= 11 is 0. The largest absolute Gasteiger partial charge is 0.482 e. The van der Waals surface area contributed by atoms with Gasteiger partial charge in [-0.3, -0.25) is 0 Å². The molecule has 0 spiro atoms. The second-order valence-electron chi connectivity index (χ2n) is 8.64. The average Bonchev–Trinajstić information content (AvgIpc) is 3.47. The highest BCUT2D eigenvalue weighted by Gasteiger charge is 2.41. The third-order valence-corrected chi connectivity index (χ3v) is 6.60. The summed E-state index contributed by atoms with van der Waals surface area (Å²) < 4.78 is 10.9. The highest BCUT2D eigenvalue weighted by molar-refractivity contribution is 5.75. The minimum absolute atomic E-state index is 0.0448. The van der Waals surface area contributed by atoms with Crippen LogP contribution in [0, 0.1) is 13.8 Å². The molecule has 0 radical (unpaired) electrons. The normalized spacial score (nSPS) is 18.8. The fourth-order valence-corrected chi connectivity index (χ4v) is 5.40. The number of rotatable bonds is 6. The zero-order valence-electron chi connectivity index (χ0n) is 18.3. The van der Waals surface area contributed by atoms with E-state index >= 15 is 0 Å². The highest BCUT2D eigenvalue weighted by Crippen LogP contribution is 2.58. The molecule has 5 heteroatoms. The molecule has 2 aliphatic rings. The first kappa shape index (κ1) is 19.9. The third-order valence-electron chi connectivity index (χ3n) is 6.60. The number of benzene rings is 1. The Hall–Kier alpha value is -3.08. The minimum atomic E-state index is -0.324. The van der Waals surface area contributed by atoms with Crippen LogP contribution in [-0.4, -0.2) is 29.2 Å². The molecule has 2 atom stereocenters. The third kappa shape index (κ3) is 3.52. The van der Waals surface area contributed by atoms with E-state index < -0.39 is 0 Å². The SMILES string of the molecule is CCOC(=O)COc1ccc(-c2cccc(-c3cc(C)[nH]c3C)n2)c2c1C1CCC2C1. The first-order valence-corrected chi connectivity index (χ1v) is 11.1. The number of ether oxygens (including phenoxy) is 2. The second kappa shape index (κ2) is 7.88. The lowest BCUT2D eigenvalue weighted by molar-refractivity contribution is -0.145. The molecule has 1 N–H and O–H groups in total. The van der Waals surface area contributed by atoms with E-state index in [-0.39, 0.29) is 12.6 Å². The van der Waals surface area contributed by atoms with Gasteiger partial charge in [0.15, 0.2) is 6.61 Å². The van der Waals surface area contributed by atoms with Crippen LogP contribution in [0.4, 0.5) is 0 Å². The number of hydrogen-bond acceptors (Lipinski definition) is 4. The number of hydrogen-bond donors (Lipinski definition) is 1. The van der Waals surface area contributed by atoms with Crippen molar-refractivity contribution in [1.82, 2.24) is 9.97 Å². The Kier molecular flexibility index (Phi) is 5.05. The number of aryl methyl sites for hydroxylation is 2. The molecule has 160 valence electrons. The van der Waals surface area contributed by atoms with E-state index in [4.69, 9.17) is 14.5 Å². The first-order valence-electron chi connectivity index (χ1n) is 11.1. The predicted molar refractivity (Wildman–Crippen MR) is 120 cm³/mol. The molecule has 0 aliphatic heterocycles. The molecule has 0 saturated heterocycles. The maximum atomic E-state index is 11.8. The summed E-state index contributed by atoms with van der Waals surface area (Å²) in [4.78, 5) is 20.2. The number of carbonyl (C=O) groups is 1. The number of fused-ring (bicyclic) bond motifs is 5. The fraction of sp³-hybridized carbons (Fsp3) is 0.385. The van der Waals surface area contributed by atoms with Gasteiger partial charge in [-0.2, -0.15) is 0 Å². The molecule has 1 saturated carbocycles. The molecule has 1 fully saturated rings. The number of esters is 1. The number of carbonyl (C=O) groups excluding carboxylic acids is 1. The number of nitrogens with one attached hydrogen (secondary N) is 1. The zero-order chi connectivity index (χ0) is 21.5. The van der Waals surface area contributed by atoms with Gasteiger partial charge in [0.25, 0.3) is 0 Å². The highest BCUT2D eigenvalue weighted by atomic mass is 16.6. The molecule has 2 aliphatic carbocycles. The average molecular weight is 417 g/mol. The van der Waals surface area contributed by atoms with Crippen molar-refractivity contribution in [3.8, 4) is 28.3 Å². The smallest absolute Gasteiger partial charge is 0.344 e. The lowest BCUT2D eigenvalue weighted by atomic mass is 9.86. The number of pyridine rings is 1. The van der Waals surface area contributed by atoms with Crippen molar-refractivity contribution in [2.24, 2.45) is 0 Å². The van der Waals surface area contributed by atoms with Gasteiger partial charge in [0, 0.05) is 28.1 Å². The van der Waals surface area contributed by atoms with Crippen LogP contribution in [0.1, 0.15) is 60.5 Å². The topological polar surface area (TPSA) is 64.2 Å².